The van der Waals surface area contributed by atoms with Gasteiger partial charge in [0, 0.05) is 42.6 Å². The van der Waals surface area contributed by atoms with Gasteiger partial charge in [0.1, 0.15) is 0 Å². The molecule has 3 atom stereocenters. The molecule has 2 aliphatic rings. The second-order valence-corrected chi connectivity index (χ2v) is 8.84. The van der Waals surface area contributed by atoms with Crippen molar-refractivity contribution >= 4 is 11.6 Å². The first-order valence-corrected chi connectivity index (χ1v) is 11.4. The molecule has 0 radical (unpaired) electrons. The molecule has 164 valence electrons. The minimum Gasteiger partial charge on any atom is -0.394 e. The van der Waals surface area contributed by atoms with Crippen LogP contribution in [0.3, 0.4) is 0 Å². The van der Waals surface area contributed by atoms with Crippen molar-refractivity contribution in [1.29, 1.82) is 0 Å². The minimum atomic E-state index is -0.468. The van der Waals surface area contributed by atoms with Gasteiger partial charge < -0.3 is 19.7 Å². The van der Waals surface area contributed by atoms with E-state index in [0.717, 1.165) is 48.3 Å². The summed E-state index contributed by atoms with van der Waals surface area (Å²) in [7, 11) is 0. The summed E-state index contributed by atoms with van der Waals surface area (Å²) in [5.41, 5.74) is 4.18. The van der Waals surface area contributed by atoms with E-state index >= 15 is 0 Å². The van der Waals surface area contributed by atoms with Crippen LogP contribution in [0.2, 0.25) is 5.02 Å². The van der Waals surface area contributed by atoms with Crippen molar-refractivity contribution in [3.63, 3.8) is 0 Å². The third-order valence-electron chi connectivity index (χ3n) is 6.01. The largest absolute Gasteiger partial charge is 0.394 e. The summed E-state index contributed by atoms with van der Waals surface area (Å²) in [5.74, 6) is 7.09. The highest BCUT2D eigenvalue weighted by Gasteiger charge is 2.29. The van der Waals surface area contributed by atoms with Crippen LogP contribution in [0.25, 0.3) is 0 Å². The number of aliphatic hydroxyl groups is 2. The molecule has 2 N–H and O–H groups in total. The summed E-state index contributed by atoms with van der Waals surface area (Å²) in [5, 5.41) is 20.3. The van der Waals surface area contributed by atoms with Gasteiger partial charge in [-0.05, 0) is 54.2 Å². The third kappa shape index (κ3) is 6.10. The summed E-state index contributed by atoms with van der Waals surface area (Å²) < 4.78 is 11.3. The highest BCUT2D eigenvalue weighted by Crippen LogP contribution is 2.33. The highest BCUT2D eigenvalue weighted by atomic mass is 35.5. The molecule has 0 aromatic heterocycles. The Morgan fingerprint density at radius 1 is 1.03 bits per heavy atom. The summed E-state index contributed by atoms with van der Waals surface area (Å²) >= 11 is 6.47. The molecule has 2 aliphatic heterocycles. The molecule has 4 nitrogen and oxygen atoms in total. The van der Waals surface area contributed by atoms with Gasteiger partial charge >= 0.3 is 0 Å². The number of rotatable bonds is 4. The Morgan fingerprint density at radius 3 is 2.55 bits per heavy atom. The average Bonchev–Trinajstić information content (AvgIpc) is 2.80. The Kier molecular flexibility index (Phi) is 7.66. The van der Waals surface area contributed by atoms with Gasteiger partial charge in [0.15, 0.2) is 0 Å². The number of hydrogen-bond donors (Lipinski definition) is 2. The lowest BCUT2D eigenvalue weighted by molar-refractivity contribution is -0.113. The molecule has 0 saturated carbocycles. The van der Waals surface area contributed by atoms with Gasteiger partial charge in [0.2, 0.25) is 0 Å². The predicted molar refractivity (Wildman–Crippen MR) is 121 cm³/mol. The lowest BCUT2D eigenvalue weighted by atomic mass is 9.94. The number of aliphatic hydroxyl groups excluding tert-OH is 2. The lowest BCUT2D eigenvalue weighted by Gasteiger charge is -2.32. The molecule has 2 aromatic carbocycles. The zero-order valence-corrected chi connectivity index (χ0v) is 18.4. The molecule has 2 saturated heterocycles. The van der Waals surface area contributed by atoms with Crippen LogP contribution in [0.4, 0.5) is 0 Å². The Hall–Kier alpha value is -1.87. The van der Waals surface area contributed by atoms with Crippen LogP contribution in [0.1, 0.15) is 54.0 Å². The molecule has 0 spiro atoms. The fraction of sp³-hybridized carbons (Fsp3) is 0.462. The molecular formula is C26H29ClO4. The lowest BCUT2D eigenvalue weighted by Crippen LogP contribution is -2.33. The van der Waals surface area contributed by atoms with E-state index in [1.54, 1.807) is 0 Å². The molecule has 2 fully saturated rings. The Morgan fingerprint density at radius 2 is 1.81 bits per heavy atom. The molecule has 5 heteroatoms. The monoisotopic (exact) mass is 440 g/mol. The van der Waals surface area contributed by atoms with Gasteiger partial charge in [-0.3, -0.25) is 0 Å². The Balaban J connectivity index is 1.44. The minimum absolute atomic E-state index is 0.0855. The van der Waals surface area contributed by atoms with Gasteiger partial charge in [-0.25, -0.2) is 0 Å². The Bertz CT molecular complexity index is 925. The van der Waals surface area contributed by atoms with Crippen molar-refractivity contribution in [1.82, 2.24) is 0 Å². The molecule has 0 aliphatic carbocycles. The fourth-order valence-electron chi connectivity index (χ4n) is 4.21. The highest BCUT2D eigenvalue weighted by molar-refractivity contribution is 6.31. The van der Waals surface area contributed by atoms with Gasteiger partial charge in [-0.1, -0.05) is 47.7 Å². The molecule has 0 bridgehead atoms. The molecule has 0 amide bonds. The summed E-state index contributed by atoms with van der Waals surface area (Å²) in [4.78, 5) is 0. The van der Waals surface area contributed by atoms with Crippen LogP contribution in [0, 0.1) is 17.8 Å². The third-order valence-corrected chi connectivity index (χ3v) is 6.38. The molecular weight excluding hydrogens is 412 g/mol. The summed E-state index contributed by atoms with van der Waals surface area (Å²) in [6.07, 6.45) is 2.70. The van der Waals surface area contributed by atoms with Crippen molar-refractivity contribution < 1.29 is 19.7 Å². The topological polar surface area (TPSA) is 58.9 Å². The van der Waals surface area contributed by atoms with Crippen LogP contribution in [0.5, 0.6) is 0 Å². The number of hydrogen-bond acceptors (Lipinski definition) is 4. The smallest absolute Gasteiger partial charge is 0.0854 e. The predicted octanol–water partition coefficient (Wildman–Crippen LogP) is 4.28. The number of ether oxygens (including phenoxy) is 2. The van der Waals surface area contributed by atoms with Crippen molar-refractivity contribution in [3.05, 3.63) is 69.7 Å². The van der Waals surface area contributed by atoms with Crippen molar-refractivity contribution in [2.75, 3.05) is 19.8 Å². The van der Waals surface area contributed by atoms with Crippen LogP contribution < -0.4 is 0 Å². The Labute approximate surface area is 189 Å². The first-order valence-electron chi connectivity index (χ1n) is 11.0. The van der Waals surface area contributed by atoms with Crippen molar-refractivity contribution in [2.24, 2.45) is 5.92 Å². The number of halogens is 1. The van der Waals surface area contributed by atoms with Crippen molar-refractivity contribution in [3.8, 4) is 11.8 Å². The van der Waals surface area contributed by atoms with E-state index in [1.165, 1.54) is 0 Å². The molecule has 4 rings (SSSR count). The van der Waals surface area contributed by atoms with Crippen LogP contribution in [0.15, 0.2) is 42.5 Å². The average molecular weight is 441 g/mol. The van der Waals surface area contributed by atoms with E-state index in [1.807, 2.05) is 12.1 Å². The van der Waals surface area contributed by atoms with Crippen LogP contribution in [-0.2, 0) is 15.9 Å². The zero-order chi connectivity index (χ0) is 21.6. The summed E-state index contributed by atoms with van der Waals surface area (Å²) in [6, 6.07) is 14.2. The van der Waals surface area contributed by atoms with E-state index in [9.17, 15) is 10.2 Å². The van der Waals surface area contributed by atoms with E-state index in [0.29, 0.717) is 30.2 Å². The van der Waals surface area contributed by atoms with Crippen molar-refractivity contribution in [2.45, 2.75) is 50.4 Å². The molecule has 31 heavy (non-hydrogen) atoms. The second kappa shape index (κ2) is 10.6. The standard InChI is InChI=1S/C26H29ClO4/c27-25-8-7-21(26-16-23(29)15-24(17-28)31-26)14-22(25)13-20-5-3-18(4-6-20)1-2-19-9-11-30-12-10-19/h3-8,14,19,23-24,26,28-29H,9-13,15-17H2/t23-,24-,26+/m0/s1. The van der Waals surface area contributed by atoms with E-state index in [-0.39, 0.29) is 18.8 Å². The van der Waals surface area contributed by atoms with Gasteiger partial charge in [0.25, 0.3) is 0 Å². The zero-order valence-electron chi connectivity index (χ0n) is 17.6. The maximum absolute atomic E-state index is 10.1. The second-order valence-electron chi connectivity index (χ2n) is 8.44. The molecule has 2 heterocycles. The van der Waals surface area contributed by atoms with Gasteiger partial charge in [-0.2, -0.15) is 0 Å². The quantitative estimate of drug-likeness (QED) is 0.696. The molecule has 0 unspecified atom stereocenters. The first-order chi connectivity index (χ1) is 15.1. The molecule has 2 aromatic rings. The fourth-order valence-corrected chi connectivity index (χ4v) is 4.39. The summed E-state index contributed by atoms with van der Waals surface area (Å²) in [6.45, 7) is 1.53. The first kappa shape index (κ1) is 22.3. The normalized spacial score (nSPS) is 24.4. The van der Waals surface area contributed by atoms with Gasteiger partial charge in [-0.15, -0.1) is 0 Å². The van der Waals surface area contributed by atoms with E-state index in [4.69, 9.17) is 21.1 Å². The maximum Gasteiger partial charge on any atom is 0.0854 e. The maximum atomic E-state index is 10.1. The number of benzene rings is 2. The van der Waals surface area contributed by atoms with Crippen LogP contribution in [-0.4, -0.2) is 42.2 Å². The van der Waals surface area contributed by atoms with E-state index in [2.05, 4.69) is 42.2 Å². The SMILES string of the molecule is OC[C@@H]1C[C@H](O)C[C@H](c2ccc(Cl)c(Cc3ccc(C#CC4CCOCC4)cc3)c2)O1. The van der Waals surface area contributed by atoms with Gasteiger partial charge in [0.05, 0.1) is 24.9 Å². The van der Waals surface area contributed by atoms with Crippen LogP contribution >= 0.6 is 11.6 Å². The van der Waals surface area contributed by atoms with E-state index < -0.39 is 6.10 Å².